The summed E-state index contributed by atoms with van der Waals surface area (Å²) in [6, 6.07) is 13.8. The summed E-state index contributed by atoms with van der Waals surface area (Å²) in [5, 5.41) is 0. The van der Waals surface area contributed by atoms with Crippen LogP contribution in [0.2, 0.25) is 0 Å². The molecule has 0 aliphatic heterocycles. The van der Waals surface area contributed by atoms with Gasteiger partial charge in [-0.1, -0.05) is 18.2 Å². The standard InChI is InChI=1S/C12H11NO2S/c1-14-15-16-11-6-4-5-10(9-11)12-7-2-3-8-13-12/h2-9H,1H3. The molecule has 0 unspecified atom stereocenters. The summed E-state index contributed by atoms with van der Waals surface area (Å²) in [5.74, 6) is 0. The van der Waals surface area contributed by atoms with Crippen LogP contribution >= 0.6 is 12.0 Å². The first kappa shape index (κ1) is 11.1. The molecule has 82 valence electrons. The normalized spacial score (nSPS) is 10.3. The molecule has 0 saturated carbocycles. The van der Waals surface area contributed by atoms with Gasteiger partial charge in [-0.25, -0.2) is 4.89 Å². The Hall–Kier alpha value is -1.36. The third-order valence-electron chi connectivity index (χ3n) is 1.99. The van der Waals surface area contributed by atoms with Crippen molar-refractivity contribution >= 4 is 12.0 Å². The number of nitrogens with zero attached hydrogens (tertiary/aromatic N) is 1. The molecule has 2 rings (SSSR count). The molecular formula is C12H11NO2S. The van der Waals surface area contributed by atoms with Gasteiger partial charge in [0.2, 0.25) is 0 Å². The number of hydrogen-bond acceptors (Lipinski definition) is 4. The van der Waals surface area contributed by atoms with Gasteiger partial charge in [0.15, 0.2) is 0 Å². The summed E-state index contributed by atoms with van der Waals surface area (Å²) < 4.78 is 4.81. The van der Waals surface area contributed by atoms with E-state index in [1.54, 1.807) is 6.20 Å². The molecule has 0 saturated heterocycles. The number of hydrogen-bond donors (Lipinski definition) is 0. The maximum Gasteiger partial charge on any atom is 0.0725 e. The van der Waals surface area contributed by atoms with Crippen LogP contribution in [0.25, 0.3) is 11.3 Å². The van der Waals surface area contributed by atoms with Gasteiger partial charge in [-0.15, -0.1) is 0 Å². The second kappa shape index (κ2) is 5.65. The van der Waals surface area contributed by atoms with E-state index in [0.717, 1.165) is 16.2 Å². The first-order valence-corrected chi connectivity index (χ1v) is 5.53. The topological polar surface area (TPSA) is 31.4 Å². The van der Waals surface area contributed by atoms with Gasteiger partial charge in [-0.05, 0) is 24.3 Å². The van der Waals surface area contributed by atoms with Crippen LogP contribution in [0.1, 0.15) is 0 Å². The molecular weight excluding hydrogens is 222 g/mol. The molecule has 0 N–H and O–H groups in total. The smallest absolute Gasteiger partial charge is 0.0725 e. The molecule has 0 fully saturated rings. The van der Waals surface area contributed by atoms with Crippen LogP contribution in [0.3, 0.4) is 0 Å². The fraction of sp³-hybridized carbons (Fsp3) is 0.0833. The summed E-state index contributed by atoms with van der Waals surface area (Å²) >= 11 is 1.18. The highest BCUT2D eigenvalue weighted by Gasteiger charge is 2.00. The number of pyridine rings is 1. The van der Waals surface area contributed by atoms with Crippen molar-refractivity contribution in [1.82, 2.24) is 4.98 Å². The summed E-state index contributed by atoms with van der Waals surface area (Å²) in [4.78, 5) is 9.80. The average molecular weight is 233 g/mol. The highest BCUT2D eigenvalue weighted by molar-refractivity contribution is 7.94. The minimum Gasteiger partial charge on any atom is -0.256 e. The predicted molar refractivity (Wildman–Crippen MR) is 63.6 cm³/mol. The summed E-state index contributed by atoms with van der Waals surface area (Å²) in [6.45, 7) is 0. The van der Waals surface area contributed by atoms with E-state index in [2.05, 4.69) is 9.87 Å². The Morgan fingerprint density at radius 2 is 2.06 bits per heavy atom. The van der Waals surface area contributed by atoms with Gasteiger partial charge >= 0.3 is 0 Å². The molecule has 0 spiro atoms. The summed E-state index contributed by atoms with van der Waals surface area (Å²) in [7, 11) is 1.48. The fourth-order valence-electron chi connectivity index (χ4n) is 1.31. The molecule has 0 radical (unpaired) electrons. The Kier molecular flexibility index (Phi) is 3.93. The second-order valence-electron chi connectivity index (χ2n) is 3.06. The van der Waals surface area contributed by atoms with Gasteiger partial charge in [0.25, 0.3) is 0 Å². The average Bonchev–Trinajstić information content (AvgIpc) is 2.38. The van der Waals surface area contributed by atoms with E-state index in [4.69, 9.17) is 4.33 Å². The van der Waals surface area contributed by atoms with E-state index in [0.29, 0.717) is 0 Å². The minimum atomic E-state index is 0.947. The molecule has 1 heterocycles. The molecule has 2 aromatic rings. The zero-order valence-electron chi connectivity index (χ0n) is 8.79. The van der Waals surface area contributed by atoms with Crippen molar-refractivity contribution in [2.75, 3.05) is 7.11 Å². The van der Waals surface area contributed by atoms with E-state index in [1.807, 2.05) is 42.5 Å². The van der Waals surface area contributed by atoms with Crippen LogP contribution in [0.15, 0.2) is 53.6 Å². The summed E-state index contributed by atoms with van der Waals surface area (Å²) in [6.07, 6.45) is 1.78. The Bertz CT molecular complexity index is 448. The van der Waals surface area contributed by atoms with Crippen molar-refractivity contribution < 1.29 is 9.22 Å². The lowest BCUT2D eigenvalue weighted by Crippen LogP contribution is -1.83. The lowest BCUT2D eigenvalue weighted by Gasteiger charge is -2.03. The molecule has 1 aromatic carbocycles. The van der Waals surface area contributed by atoms with E-state index >= 15 is 0 Å². The molecule has 0 aliphatic carbocycles. The molecule has 1 aromatic heterocycles. The maximum absolute atomic E-state index is 4.81. The minimum absolute atomic E-state index is 0.947. The Labute approximate surface area is 98.6 Å². The van der Waals surface area contributed by atoms with Crippen molar-refractivity contribution in [1.29, 1.82) is 0 Å². The van der Waals surface area contributed by atoms with Gasteiger partial charge in [-0.2, -0.15) is 4.33 Å². The van der Waals surface area contributed by atoms with E-state index in [-0.39, 0.29) is 0 Å². The van der Waals surface area contributed by atoms with Crippen LogP contribution in [0, 0.1) is 0 Å². The van der Waals surface area contributed by atoms with Crippen molar-refractivity contribution in [3.8, 4) is 11.3 Å². The van der Waals surface area contributed by atoms with Crippen LogP contribution in [0.5, 0.6) is 0 Å². The quantitative estimate of drug-likeness (QED) is 0.460. The zero-order valence-corrected chi connectivity index (χ0v) is 9.61. The molecule has 3 nitrogen and oxygen atoms in total. The van der Waals surface area contributed by atoms with Crippen molar-refractivity contribution in [2.45, 2.75) is 4.90 Å². The maximum atomic E-state index is 4.81. The van der Waals surface area contributed by atoms with Crippen LogP contribution in [-0.2, 0) is 9.22 Å². The van der Waals surface area contributed by atoms with Gasteiger partial charge < -0.3 is 0 Å². The lowest BCUT2D eigenvalue weighted by atomic mass is 10.1. The lowest BCUT2D eigenvalue weighted by molar-refractivity contribution is -0.160. The van der Waals surface area contributed by atoms with Crippen molar-refractivity contribution in [3.05, 3.63) is 48.7 Å². The second-order valence-corrected chi connectivity index (χ2v) is 3.84. The van der Waals surface area contributed by atoms with Crippen LogP contribution in [0.4, 0.5) is 0 Å². The van der Waals surface area contributed by atoms with E-state index < -0.39 is 0 Å². The first-order valence-electron chi connectivity index (χ1n) is 4.79. The molecule has 0 atom stereocenters. The van der Waals surface area contributed by atoms with Gasteiger partial charge in [0.05, 0.1) is 24.8 Å². The molecule has 4 heteroatoms. The van der Waals surface area contributed by atoms with Crippen molar-refractivity contribution in [2.24, 2.45) is 0 Å². The highest BCUT2D eigenvalue weighted by Crippen LogP contribution is 2.24. The van der Waals surface area contributed by atoms with Gasteiger partial charge in [0, 0.05) is 16.7 Å². The Balaban J connectivity index is 2.22. The van der Waals surface area contributed by atoms with Crippen molar-refractivity contribution in [3.63, 3.8) is 0 Å². The highest BCUT2D eigenvalue weighted by atomic mass is 32.2. The number of rotatable bonds is 4. The van der Waals surface area contributed by atoms with Gasteiger partial charge in [0.1, 0.15) is 0 Å². The predicted octanol–water partition coefficient (Wildman–Crippen LogP) is 3.33. The van der Waals surface area contributed by atoms with Crippen LogP contribution in [-0.4, -0.2) is 12.1 Å². The molecule has 0 bridgehead atoms. The number of aromatic nitrogens is 1. The van der Waals surface area contributed by atoms with E-state index in [9.17, 15) is 0 Å². The molecule has 16 heavy (non-hydrogen) atoms. The zero-order chi connectivity index (χ0) is 11.2. The van der Waals surface area contributed by atoms with Gasteiger partial charge in [-0.3, -0.25) is 4.98 Å². The SMILES string of the molecule is COOSc1cccc(-c2ccccn2)c1. The monoisotopic (exact) mass is 233 g/mol. The Morgan fingerprint density at radius 1 is 1.12 bits per heavy atom. The molecule has 0 amide bonds. The molecule has 0 aliphatic rings. The first-order chi connectivity index (χ1) is 7.90. The van der Waals surface area contributed by atoms with E-state index in [1.165, 1.54) is 19.2 Å². The largest absolute Gasteiger partial charge is 0.256 e. The van der Waals surface area contributed by atoms with Crippen LogP contribution < -0.4 is 0 Å². The third-order valence-corrected chi connectivity index (χ3v) is 2.64. The summed E-state index contributed by atoms with van der Waals surface area (Å²) in [5.41, 5.74) is 2.01. The third kappa shape index (κ3) is 2.82. The fourth-order valence-corrected chi connectivity index (χ4v) is 1.77. The number of benzene rings is 1. The Morgan fingerprint density at radius 3 is 2.81 bits per heavy atom.